The summed E-state index contributed by atoms with van der Waals surface area (Å²) in [5.41, 5.74) is 14.3. The highest BCUT2D eigenvalue weighted by atomic mass is 14.8. The van der Waals surface area contributed by atoms with Crippen LogP contribution in [0.4, 0.5) is 0 Å². The van der Waals surface area contributed by atoms with Gasteiger partial charge in [-0.15, -0.1) is 0 Å². The van der Waals surface area contributed by atoms with Crippen LogP contribution in [0.15, 0.2) is 30.6 Å². The van der Waals surface area contributed by atoms with Crippen molar-refractivity contribution in [1.82, 2.24) is 0 Å². The summed E-state index contributed by atoms with van der Waals surface area (Å²) < 4.78 is 0. The number of nitrogens with two attached hydrogens (primary N) is 2. The second-order valence-electron chi connectivity index (χ2n) is 3.89. The van der Waals surface area contributed by atoms with Crippen LogP contribution >= 0.6 is 0 Å². The summed E-state index contributed by atoms with van der Waals surface area (Å²) in [6.07, 6.45) is 3.57. The van der Waals surface area contributed by atoms with E-state index in [2.05, 4.69) is 32.6 Å². The second-order valence-corrected chi connectivity index (χ2v) is 3.89. The lowest BCUT2D eigenvalue weighted by molar-refractivity contribution is 0.866. The van der Waals surface area contributed by atoms with Crippen molar-refractivity contribution in [3.05, 3.63) is 47.3 Å². The van der Waals surface area contributed by atoms with Gasteiger partial charge in [0.15, 0.2) is 0 Å². The van der Waals surface area contributed by atoms with E-state index in [1.165, 1.54) is 5.56 Å². The standard InChI is InChI=1S/C13H18N2/c1-4-10-7-11(9(2)3)5-6-12(10)8-13(14)15/h4-9H,1,14-15H2,2-3H3. The molecule has 0 radical (unpaired) electrons. The Labute approximate surface area is 91.3 Å². The van der Waals surface area contributed by atoms with E-state index >= 15 is 0 Å². The normalized spacial score (nSPS) is 10.1. The molecule has 0 aliphatic rings. The molecule has 80 valence electrons. The Morgan fingerprint density at radius 3 is 2.40 bits per heavy atom. The SMILES string of the molecule is C=Cc1cc(C(C)C)ccc1C=C(N)N. The van der Waals surface area contributed by atoms with Crippen molar-refractivity contribution < 1.29 is 0 Å². The van der Waals surface area contributed by atoms with Gasteiger partial charge in [0.05, 0.1) is 5.82 Å². The van der Waals surface area contributed by atoms with Gasteiger partial charge in [-0.1, -0.05) is 44.7 Å². The summed E-state index contributed by atoms with van der Waals surface area (Å²) in [6.45, 7) is 8.11. The molecule has 1 rings (SSSR count). The van der Waals surface area contributed by atoms with Gasteiger partial charge in [-0.05, 0) is 28.7 Å². The Morgan fingerprint density at radius 1 is 1.27 bits per heavy atom. The molecule has 1 aromatic carbocycles. The fourth-order valence-corrected chi connectivity index (χ4v) is 1.44. The third-order valence-electron chi connectivity index (χ3n) is 2.32. The van der Waals surface area contributed by atoms with Crippen LogP contribution in [0.3, 0.4) is 0 Å². The third-order valence-corrected chi connectivity index (χ3v) is 2.32. The highest BCUT2D eigenvalue weighted by Crippen LogP contribution is 2.20. The van der Waals surface area contributed by atoms with E-state index in [1.54, 1.807) is 6.08 Å². The van der Waals surface area contributed by atoms with Crippen LogP contribution in [0.1, 0.15) is 36.5 Å². The van der Waals surface area contributed by atoms with Gasteiger partial charge in [0.25, 0.3) is 0 Å². The largest absolute Gasteiger partial charge is 0.386 e. The van der Waals surface area contributed by atoms with E-state index in [9.17, 15) is 0 Å². The maximum atomic E-state index is 5.45. The molecule has 0 saturated carbocycles. The quantitative estimate of drug-likeness (QED) is 0.791. The smallest absolute Gasteiger partial charge is 0.0939 e. The molecule has 15 heavy (non-hydrogen) atoms. The third kappa shape index (κ3) is 2.88. The van der Waals surface area contributed by atoms with Gasteiger partial charge < -0.3 is 11.5 Å². The molecule has 0 atom stereocenters. The van der Waals surface area contributed by atoms with Crippen molar-refractivity contribution in [3.8, 4) is 0 Å². The number of hydrogen-bond donors (Lipinski definition) is 2. The van der Waals surface area contributed by atoms with Crippen LogP contribution in [0.5, 0.6) is 0 Å². The van der Waals surface area contributed by atoms with E-state index < -0.39 is 0 Å². The Hall–Kier alpha value is -1.70. The Morgan fingerprint density at radius 2 is 1.93 bits per heavy atom. The summed E-state index contributed by atoms with van der Waals surface area (Å²) in [6, 6.07) is 6.23. The molecule has 4 N–H and O–H groups in total. The highest BCUT2D eigenvalue weighted by molar-refractivity contribution is 5.66. The average molecular weight is 202 g/mol. The molecule has 0 aromatic heterocycles. The molecule has 0 amide bonds. The molecule has 0 aliphatic carbocycles. The highest BCUT2D eigenvalue weighted by Gasteiger charge is 2.02. The number of rotatable bonds is 3. The number of benzene rings is 1. The lowest BCUT2D eigenvalue weighted by Gasteiger charge is -2.09. The molecule has 0 bridgehead atoms. The first-order chi connectivity index (χ1) is 7.04. The molecule has 0 aliphatic heterocycles. The molecule has 2 heteroatoms. The van der Waals surface area contributed by atoms with Gasteiger partial charge in [-0.3, -0.25) is 0 Å². The monoisotopic (exact) mass is 202 g/mol. The maximum absolute atomic E-state index is 5.45. The predicted octanol–water partition coefficient (Wildman–Crippen LogP) is 2.67. The second kappa shape index (κ2) is 4.69. The van der Waals surface area contributed by atoms with Crippen molar-refractivity contribution in [2.24, 2.45) is 11.5 Å². The van der Waals surface area contributed by atoms with Crippen LogP contribution < -0.4 is 11.5 Å². The van der Waals surface area contributed by atoms with Gasteiger partial charge >= 0.3 is 0 Å². The van der Waals surface area contributed by atoms with Crippen LogP contribution in [-0.2, 0) is 0 Å². The topological polar surface area (TPSA) is 52.0 Å². The average Bonchev–Trinajstić information content (AvgIpc) is 2.17. The molecule has 0 saturated heterocycles. The Kier molecular flexibility index (Phi) is 3.56. The first kappa shape index (κ1) is 11.4. The molecule has 0 unspecified atom stereocenters. The van der Waals surface area contributed by atoms with Crippen molar-refractivity contribution in [2.75, 3.05) is 0 Å². The van der Waals surface area contributed by atoms with Gasteiger partial charge in [0, 0.05) is 0 Å². The lowest BCUT2D eigenvalue weighted by Crippen LogP contribution is -2.07. The molecule has 1 aromatic rings. The van der Waals surface area contributed by atoms with Gasteiger partial charge in [0.2, 0.25) is 0 Å². The van der Waals surface area contributed by atoms with Gasteiger partial charge in [-0.2, -0.15) is 0 Å². The van der Waals surface area contributed by atoms with E-state index in [-0.39, 0.29) is 0 Å². The zero-order valence-electron chi connectivity index (χ0n) is 9.33. The Bertz CT molecular complexity index is 386. The molecular weight excluding hydrogens is 184 g/mol. The van der Waals surface area contributed by atoms with Crippen LogP contribution in [0.25, 0.3) is 12.2 Å². The van der Waals surface area contributed by atoms with Crippen molar-refractivity contribution in [1.29, 1.82) is 0 Å². The summed E-state index contributed by atoms with van der Waals surface area (Å²) in [5.74, 6) is 0.826. The fraction of sp³-hybridized carbons (Fsp3) is 0.231. The first-order valence-electron chi connectivity index (χ1n) is 5.03. The number of hydrogen-bond acceptors (Lipinski definition) is 2. The minimum atomic E-state index is 0.315. The summed E-state index contributed by atoms with van der Waals surface area (Å²) >= 11 is 0. The van der Waals surface area contributed by atoms with Gasteiger partial charge in [0.1, 0.15) is 0 Å². The van der Waals surface area contributed by atoms with E-state index in [4.69, 9.17) is 11.5 Å². The van der Waals surface area contributed by atoms with Crippen molar-refractivity contribution in [2.45, 2.75) is 19.8 Å². The fourth-order valence-electron chi connectivity index (χ4n) is 1.44. The maximum Gasteiger partial charge on any atom is 0.0939 e. The van der Waals surface area contributed by atoms with Gasteiger partial charge in [-0.25, -0.2) is 0 Å². The minimum Gasteiger partial charge on any atom is -0.386 e. The van der Waals surface area contributed by atoms with Crippen LogP contribution in [0, 0.1) is 0 Å². The molecular formula is C13H18N2. The first-order valence-corrected chi connectivity index (χ1v) is 5.03. The van der Waals surface area contributed by atoms with Crippen LogP contribution in [0.2, 0.25) is 0 Å². The van der Waals surface area contributed by atoms with E-state index in [0.717, 1.165) is 11.1 Å². The molecule has 0 fully saturated rings. The van der Waals surface area contributed by atoms with Crippen LogP contribution in [-0.4, -0.2) is 0 Å². The van der Waals surface area contributed by atoms with Crippen molar-refractivity contribution >= 4 is 12.2 Å². The zero-order valence-corrected chi connectivity index (χ0v) is 9.33. The Balaban J connectivity index is 3.21. The van der Waals surface area contributed by atoms with E-state index in [0.29, 0.717) is 11.7 Å². The predicted molar refractivity (Wildman–Crippen MR) is 67.0 cm³/mol. The summed E-state index contributed by atoms with van der Waals surface area (Å²) in [4.78, 5) is 0. The molecule has 0 spiro atoms. The summed E-state index contributed by atoms with van der Waals surface area (Å²) in [5, 5.41) is 0. The molecule has 0 heterocycles. The molecule has 2 nitrogen and oxygen atoms in total. The lowest BCUT2D eigenvalue weighted by atomic mass is 9.97. The zero-order chi connectivity index (χ0) is 11.4. The minimum absolute atomic E-state index is 0.315. The van der Waals surface area contributed by atoms with Crippen molar-refractivity contribution in [3.63, 3.8) is 0 Å². The summed E-state index contributed by atoms with van der Waals surface area (Å²) in [7, 11) is 0. The van der Waals surface area contributed by atoms with E-state index in [1.807, 2.05) is 12.1 Å².